The maximum atomic E-state index is 13.6. The number of carbonyl (C=O) groups is 1. The summed E-state index contributed by atoms with van der Waals surface area (Å²) in [4.78, 5) is 23.5. The number of aromatic nitrogens is 4. The van der Waals surface area contributed by atoms with Gasteiger partial charge in [0.05, 0.1) is 36.7 Å². The molecule has 1 unspecified atom stereocenters. The predicted octanol–water partition coefficient (Wildman–Crippen LogP) is 4.99. The standard InChI is InChI=1S/C26H26ClN5O3/c27-19-5-3-4-17(12-19)23-16-34-11-9-31(23)26(33)21-14-28-25-20(21)7-8-22(30-25)18-13-29-32(15-18)24-6-1-2-10-35-24/h3-5,7-8,12-15,23-24H,1-2,6,9-11,16H2,(H,28,30)/t23-,24?/m1/s1. The number of carbonyl (C=O) groups excluding carboxylic acids is 1. The number of halogens is 1. The fraction of sp³-hybridized carbons (Fsp3) is 0.346. The van der Waals surface area contributed by atoms with Crippen molar-refractivity contribution in [3.8, 4) is 11.3 Å². The first-order chi connectivity index (χ1) is 17.2. The number of hydrogen-bond donors (Lipinski definition) is 1. The smallest absolute Gasteiger partial charge is 0.256 e. The molecular weight excluding hydrogens is 466 g/mol. The van der Waals surface area contributed by atoms with E-state index in [2.05, 4.69) is 10.1 Å². The van der Waals surface area contributed by atoms with Gasteiger partial charge in [-0.15, -0.1) is 0 Å². The number of nitrogens with zero attached hydrogens (tertiary/aromatic N) is 4. The average Bonchev–Trinajstić information content (AvgIpc) is 3.56. The Balaban J connectivity index is 1.27. The van der Waals surface area contributed by atoms with Gasteiger partial charge in [-0.3, -0.25) is 4.79 Å². The second-order valence-electron chi connectivity index (χ2n) is 8.97. The Morgan fingerprint density at radius 3 is 2.97 bits per heavy atom. The Morgan fingerprint density at radius 1 is 1.17 bits per heavy atom. The van der Waals surface area contributed by atoms with Gasteiger partial charge < -0.3 is 19.4 Å². The molecule has 0 spiro atoms. The van der Waals surface area contributed by atoms with Gasteiger partial charge in [-0.05, 0) is 49.1 Å². The van der Waals surface area contributed by atoms with Gasteiger partial charge in [-0.25, -0.2) is 9.67 Å². The zero-order valence-corrected chi connectivity index (χ0v) is 19.9. The van der Waals surface area contributed by atoms with Crippen LogP contribution in [0.3, 0.4) is 0 Å². The van der Waals surface area contributed by atoms with Crippen LogP contribution in [-0.2, 0) is 9.47 Å². The van der Waals surface area contributed by atoms with Crippen molar-refractivity contribution in [3.63, 3.8) is 0 Å². The van der Waals surface area contributed by atoms with E-state index in [1.165, 1.54) is 0 Å². The molecule has 0 radical (unpaired) electrons. The van der Waals surface area contributed by atoms with E-state index in [0.717, 1.165) is 48.1 Å². The number of H-pyrrole nitrogens is 1. The van der Waals surface area contributed by atoms with Crippen molar-refractivity contribution in [2.24, 2.45) is 0 Å². The number of nitrogens with one attached hydrogen (secondary N) is 1. The molecule has 2 fully saturated rings. The highest BCUT2D eigenvalue weighted by molar-refractivity contribution is 6.30. The minimum atomic E-state index is -0.194. The molecule has 0 aliphatic carbocycles. The lowest BCUT2D eigenvalue weighted by Crippen LogP contribution is -2.43. The van der Waals surface area contributed by atoms with E-state index >= 15 is 0 Å². The summed E-state index contributed by atoms with van der Waals surface area (Å²) in [6.07, 6.45) is 8.72. The number of fused-ring (bicyclic) bond motifs is 1. The molecule has 2 aliphatic rings. The highest BCUT2D eigenvalue weighted by Gasteiger charge is 2.31. The lowest BCUT2D eigenvalue weighted by atomic mass is 10.0. The van der Waals surface area contributed by atoms with E-state index in [-0.39, 0.29) is 18.2 Å². The number of hydrogen-bond acceptors (Lipinski definition) is 5. The fourth-order valence-corrected chi connectivity index (χ4v) is 5.09. The first-order valence-corrected chi connectivity index (χ1v) is 12.3. The van der Waals surface area contributed by atoms with Crippen LogP contribution in [0.2, 0.25) is 5.02 Å². The highest BCUT2D eigenvalue weighted by atomic mass is 35.5. The second kappa shape index (κ2) is 9.45. The van der Waals surface area contributed by atoms with Gasteiger partial charge in [0.15, 0.2) is 0 Å². The van der Waals surface area contributed by atoms with E-state index < -0.39 is 0 Å². The van der Waals surface area contributed by atoms with Crippen molar-refractivity contribution in [2.45, 2.75) is 31.5 Å². The molecule has 9 heteroatoms. The highest BCUT2D eigenvalue weighted by Crippen LogP contribution is 2.31. The second-order valence-corrected chi connectivity index (χ2v) is 9.41. The van der Waals surface area contributed by atoms with Crippen molar-refractivity contribution in [3.05, 3.63) is 71.1 Å². The van der Waals surface area contributed by atoms with E-state index in [9.17, 15) is 4.79 Å². The van der Waals surface area contributed by atoms with E-state index in [4.69, 9.17) is 26.1 Å². The molecule has 1 aromatic carbocycles. The van der Waals surface area contributed by atoms with Gasteiger partial charge in [0.25, 0.3) is 5.91 Å². The van der Waals surface area contributed by atoms with Crippen molar-refractivity contribution in [1.82, 2.24) is 24.6 Å². The molecular formula is C26H26ClN5O3. The van der Waals surface area contributed by atoms with Crippen LogP contribution in [0.25, 0.3) is 22.3 Å². The Labute approximate surface area is 207 Å². The minimum Gasteiger partial charge on any atom is -0.377 e. The van der Waals surface area contributed by atoms with E-state index in [0.29, 0.717) is 36.0 Å². The van der Waals surface area contributed by atoms with Crippen LogP contribution in [0, 0.1) is 0 Å². The molecule has 0 bridgehead atoms. The molecule has 5 heterocycles. The molecule has 4 aromatic rings. The summed E-state index contributed by atoms with van der Waals surface area (Å²) in [6.45, 7) is 2.22. The third kappa shape index (κ3) is 4.33. The predicted molar refractivity (Wildman–Crippen MR) is 132 cm³/mol. The summed E-state index contributed by atoms with van der Waals surface area (Å²) in [5, 5.41) is 5.92. The number of ether oxygens (including phenoxy) is 2. The molecule has 1 N–H and O–H groups in total. The first-order valence-electron chi connectivity index (χ1n) is 12.0. The normalized spacial score (nSPS) is 20.9. The third-order valence-corrected chi connectivity index (χ3v) is 6.97. The van der Waals surface area contributed by atoms with Crippen LogP contribution < -0.4 is 0 Å². The first kappa shape index (κ1) is 22.3. The molecule has 35 heavy (non-hydrogen) atoms. The molecule has 3 aromatic heterocycles. The molecule has 8 nitrogen and oxygen atoms in total. The fourth-order valence-electron chi connectivity index (χ4n) is 4.89. The topological polar surface area (TPSA) is 85.3 Å². The van der Waals surface area contributed by atoms with Crippen LogP contribution >= 0.6 is 11.6 Å². The Bertz CT molecular complexity index is 1360. The quantitative estimate of drug-likeness (QED) is 0.434. The SMILES string of the molecule is O=C(c1c[nH]c2nc(-c3cnn(C4CCCCO4)c3)ccc12)N1CCOC[C@@H]1c1cccc(Cl)c1. The molecule has 2 atom stereocenters. The summed E-state index contributed by atoms with van der Waals surface area (Å²) in [5.41, 5.74) is 3.94. The zero-order valence-electron chi connectivity index (χ0n) is 19.2. The molecule has 2 aliphatic heterocycles. The van der Waals surface area contributed by atoms with Crippen molar-refractivity contribution in [1.29, 1.82) is 0 Å². The van der Waals surface area contributed by atoms with Gasteiger partial charge >= 0.3 is 0 Å². The average molecular weight is 492 g/mol. The maximum absolute atomic E-state index is 13.6. The maximum Gasteiger partial charge on any atom is 0.256 e. The lowest BCUT2D eigenvalue weighted by Gasteiger charge is -2.36. The van der Waals surface area contributed by atoms with Crippen LogP contribution in [-0.4, -0.2) is 56.9 Å². The van der Waals surface area contributed by atoms with Gasteiger partial charge in [-0.1, -0.05) is 23.7 Å². The molecule has 2 saturated heterocycles. The van der Waals surface area contributed by atoms with Gasteiger partial charge in [0.1, 0.15) is 11.9 Å². The molecule has 1 amide bonds. The third-order valence-electron chi connectivity index (χ3n) is 6.74. The Hall–Kier alpha value is -3.20. The van der Waals surface area contributed by atoms with Crippen LogP contribution in [0.15, 0.2) is 55.0 Å². The molecule has 0 saturated carbocycles. The van der Waals surface area contributed by atoms with Gasteiger partial charge in [0.2, 0.25) is 0 Å². The minimum absolute atomic E-state index is 0.0168. The number of pyridine rings is 1. The van der Waals surface area contributed by atoms with Crippen molar-refractivity contribution >= 4 is 28.5 Å². The van der Waals surface area contributed by atoms with Crippen LogP contribution in [0.1, 0.15) is 47.5 Å². The van der Waals surface area contributed by atoms with Crippen molar-refractivity contribution in [2.75, 3.05) is 26.4 Å². The number of amides is 1. The zero-order chi connectivity index (χ0) is 23.8. The summed E-state index contributed by atoms with van der Waals surface area (Å²) >= 11 is 6.21. The number of aromatic amines is 1. The van der Waals surface area contributed by atoms with Gasteiger partial charge in [0, 0.05) is 41.5 Å². The van der Waals surface area contributed by atoms with Gasteiger partial charge in [-0.2, -0.15) is 5.10 Å². The summed E-state index contributed by atoms with van der Waals surface area (Å²) in [6, 6.07) is 11.3. The van der Waals surface area contributed by atoms with E-state index in [1.54, 1.807) is 6.20 Å². The summed E-state index contributed by atoms with van der Waals surface area (Å²) in [5.74, 6) is -0.0543. The summed E-state index contributed by atoms with van der Waals surface area (Å²) in [7, 11) is 0. The monoisotopic (exact) mass is 491 g/mol. The van der Waals surface area contributed by atoms with Crippen LogP contribution in [0.4, 0.5) is 0 Å². The Kier molecular flexibility index (Phi) is 6.01. The number of benzene rings is 1. The number of rotatable bonds is 4. The molecule has 6 rings (SSSR count). The Morgan fingerprint density at radius 2 is 2.11 bits per heavy atom. The largest absolute Gasteiger partial charge is 0.377 e. The molecule has 180 valence electrons. The van der Waals surface area contributed by atoms with Crippen molar-refractivity contribution < 1.29 is 14.3 Å². The number of morpholine rings is 1. The lowest BCUT2D eigenvalue weighted by molar-refractivity contribution is -0.0394. The summed E-state index contributed by atoms with van der Waals surface area (Å²) < 4.78 is 13.4. The van der Waals surface area contributed by atoms with E-state index in [1.807, 2.05) is 58.4 Å². The van der Waals surface area contributed by atoms with Crippen LogP contribution in [0.5, 0.6) is 0 Å².